The maximum absolute atomic E-state index is 9.98. The molecule has 0 unspecified atom stereocenters. The SMILES string of the molecule is O=C[C@@H](O)[C@@H](O)[C@@H](Cl)[C@H](O)CCl. The first-order valence-corrected chi connectivity index (χ1v) is 4.21. The zero-order valence-corrected chi connectivity index (χ0v) is 7.61. The topological polar surface area (TPSA) is 77.8 Å². The standard InChI is InChI=1S/C6H10Cl2O4/c7-1-3(10)5(8)6(12)4(11)2-9/h2-6,10-12H,1H2/t3-,4-,5+,6-/m1/s1. The largest absolute Gasteiger partial charge is 0.390 e. The van der Waals surface area contributed by atoms with Gasteiger partial charge in [0.15, 0.2) is 6.29 Å². The molecule has 0 aliphatic rings. The number of carbonyl (C=O) groups is 1. The van der Waals surface area contributed by atoms with Crippen molar-refractivity contribution in [2.75, 3.05) is 5.88 Å². The summed E-state index contributed by atoms with van der Waals surface area (Å²) >= 11 is 10.7. The first-order valence-electron chi connectivity index (χ1n) is 3.24. The molecule has 12 heavy (non-hydrogen) atoms. The van der Waals surface area contributed by atoms with Crippen molar-refractivity contribution in [3.05, 3.63) is 0 Å². The normalized spacial score (nSPS) is 21.1. The summed E-state index contributed by atoms with van der Waals surface area (Å²) in [4.78, 5) is 9.98. The van der Waals surface area contributed by atoms with Crippen molar-refractivity contribution in [2.45, 2.75) is 23.7 Å². The summed E-state index contributed by atoms with van der Waals surface area (Å²) in [6.07, 6.45) is -4.11. The molecule has 0 heterocycles. The molecular formula is C6H10Cl2O4. The summed E-state index contributed by atoms with van der Waals surface area (Å²) < 4.78 is 0. The molecule has 0 amide bonds. The predicted molar refractivity (Wildman–Crippen MR) is 44.4 cm³/mol. The van der Waals surface area contributed by atoms with Crippen molar-refractivity contribution in [3.8, 4) is 0 Å². The fourth-order valence-electron chi connectivity index (χ4n) is 0.582. The highest BCUT2D eigenvalue weighted by atomic mass is 35.5. The van der Waals surface area contributed by atoms with E-state index >= 15 is 0 Å². The van der Waals surface area contributed by atoms with Crippen LogP contribution in [0.1, 0.15) is 0 Å². The molecule has 0 saturated carbocycles. The minimum atomic E-state index is -1.59. The number of aliphatic hydroxyl groups excluding tert-OH is 3. The van der Waals surface area contributed by atoms with Crippen LogP contribution in [0.4, 0.5) is 0 Å². The molecule has 0 aliphatic heterocycles. The monoisotopic (exact) mass is 216 g/mol. The molecule has 4 atom stereocenters. The molecule has 0 fully saturated rings. The van der Waals surface area contributed by atoms with Crippen LogP contribution in [-0.2, 0) is 4.79 Å². The summed E-state index contributed by atoms with van der Waals surface area (Å²) in [6.45, 7) is 0. The number of aldehydes is 1. The molecule has 0 spiro atoms. The van der Waals surface area contributed by atoms with E-state index in [9.17, 15) is 4.79 Å². The fraction of sp³-hybridized carbons (Fsp3) is 0.833. The Morgan fingerprint density at radius 1 is 1.33 bits per heavy atom. The Morgan fingerprint density at radius 3 is 2.17 bits per heavy atom. The van der Waals surface area contributed by atoms with Gasteiger partial charge in [0.1, 0.15) is 12.2 Å². The summed E-state index contributed by atoms with van der Waals surface area (Å²) in [5.41, 5.74) is 0. The molecule has 6 heteroatoms. The molecule has 0 bridgehead atoms. The van der Waals surface area contributed by atoms with E-state index in [1.165, 1.54) is 0 Å². The van der Waals surface area contributed by atoms with Crippen LogP contribution in [-0.4, -0.2) is 51.2 Å². The molecule has 72 valence electrons. The van der Waals surface area contributed by atoms with Gasteiger partial charge in [0.05, 0.1) is 11.5 Å². The van der Waals surface area contributed by atoms with Gasteiger partial charge in [-0.25, -0.2) is 0 Å². The minimum absolute atomic E-state index is 0.140. The lowest BCUT2D eigenvalue weighted by molar-refractivity contribution is -0.120. The van der Waals surface area contributed by atoms with Gasteiger partial charge in [0, 0.05) is 5.88 Å². The van der Waals surface area contributed by atoms with Gasteiger partial charge in [0.2, 0.25) is 0 Å². The van der Waals surface area contributed by atoms with Gasteiger partial charge in [-0.1, -0.05) is 0 Å². The number of carbonyl (C=O) groups excluding carboxylic acids is 1. The Bertz CT molecular complexity index is 144. The molecule has 0 rings (SSSR count). The van der Waals surface area contributed by atoms with Crippen LogP contribution in [0.25, 0.3) is 0 Å². The van der Waals surface area contributed by atoms with Crippen LogP contribution in [0.2, 0.25) is 0 Å². The van der Waals surface area contributed by atoms with Gasteiger partial charge >= 0.3 is 0 Å². The van der Waals surface area contributed by atoms with Crippen LogP contribution in [0, 0.1) is 0 Å². The first kappa shape index (κ1) is 12.1. The molecule has 0 aromatic heterocycles. The lowest BCUT2D eigenvalue weighted by Crippen LogP contribution is -2.42. The van der Waals surface area contributed by atoms with Crippen molar-refractivity contribution in [3.63, 3.8) is 0 Å². The number of rotatable bonds is 5. The maximum atomic E-state index is 9.98. The third-order valence-corrected chi connectivity index (χ3v) is 2.21. The van der Waals surface area contributed by atoms with Crippen molar-refractivity contribution in [1.82, 2.24) is 0 Å². The van der Waals surface area contributed by atoms with Gasteiger partial charge in [0.25, 0.3) is 0 Å². The van der Waals surface area contributed by atoms with Crippen LogP contribution in [0.15, 0.2) is 0 Å². The second-order valence-corrected chi connectivity index (χ2v) is 3.10. The molecule has 0 aromatic carbocycles. The zero-order chi connectivity index (χ0) is 9.72. The maximum Gasteiger partial charge on any atom is 0.151 e. The second-order valence-electron chi connectivity index (χ2n) is 2.28. The van der Waals surface area contributed by atoms with E-state index < -0.39 is 23.7 Å². The van der Waals surface area contributed by atoms with Gasteiger partial charge in [-0.05, 0) is 0 Å². The van der Waals surface area contributed by atoms with E-state index in [4.69, 9.17) is 38.5 Å². The summed E-state index contributed by atoms with van der Waals surface area (Å²) in [5.74, 6) is -0.170. The van der Waals surface area contributed by atoms with Gasteiger partial charge in [-0.15, -0.1) is 23.2 Å². The summed E-state index contributed by atoms with van der Waals surface area (Å²) in [6, 6.07) is 0. The highest BCUT2D eigenvalue weighted by Gasteiger charge is 2.29. The Morgan fingerprint density at radius 2 is 1.83 bits per heavy atom. The second kappa shape index (κ2) is 5.72. The fourth-order valence-corrected chi connectivity index (χ4v) is 1.10. The zero-order valence-electron chi connectivity index (χ0n) is 6.10. The summed E-state index contributed by atoms with van der Waals surface area (Å²) in [7, 11) is 0. The number of hydrogen-bond donors (Lipinski definition) is 3. The molecule has 0 aliphatic carbocycles. The minimum Gasteiger partial charge on any atom is -0.390 e. The van der Waals surface area contributed by atoms with Crippen molar-refractivity contribution < 1.29 is 20.1 Å². The van der Waals surface area contributed by atoms with Crippen molar-refractivity contribution in [2.24, 2.45) is 0 Å². The van der Waals surface area contributed by atoms with Crippen LogP contribution >= 0.6 is 23.2 Å². The number of halogens is 2. The molecule has 0 radical (unpaired) electrons. The van der Waals surface area contributed by atoms with E-state index in [1.54, 1.807) is 0 Å². The van der Waals surface area contributed by atoms with Gasteiger partial charge in [-0.3, -0.25) is 0 Å². The number of hydrogen-bond acceptors (Lipinski definition) is 4. The van der Waals surface area contributed by atoms with E-state index in [0.717, 1.165) is 0 Å². The molecule has 3 N–H and O–H groups in total. The van der Waals surface area contributed by atoms with Crippen LogP contribution in [0.3, 0.4) is 0 Å². The van der Waals surface area contributed by atoms with E-state index in [0.29, 0.717) is 0 Å². The highest BCUT2D eigenvalue weighted by molar-refractivity contribution is 6.23. The lowest BCUT2D eigenvalue weighted by Gasteiger charge is -2.21. The van der Waals surface area contributed by atoms with Gasteiger partial charge < -0.3 is 20.1 Å². The molecular weight excluding hydrogens is 207 g/mol. The quantitative estimate of drug-likeness (QED) is 0.412. The average Bonchev–Trinajstić information content (AvgIpc) is 2.12. The Labute approximate surface area is 79.7 Å². The van der Waals surface area contributed by atoms with Crippen molar-refractivity contribution >= 4 is 29.5 Å². The average molecular weight is 217 g/mol. The number of aliphatic hydroxyl groups is 3. The van der Waals surface area contributed by atoms with E-state index in [2.05, 4.69) is 0 Å². The van der Waals surface area contributed by atoms with E-state index in [1.807, 2.05) is 0 Å². The summed E-state index contributed by atoms with van der Waals surface area (Å²) in [5, 5.41) is 25.7. The van der Waals surface area contributed by atoms with Gasteiger partial charge in [-0.2, -0.15) is 0 Å². The van der Waals surface area contributed by atoms with Crippen molar-refractivity contribution in [1.29, 1.82) is 0 Å². The predicted octanol–water partition coefficient (Wildman–Crippen LogP) is -0.886. The smallest absolute Gasteiger partial charge is 0.151 e. The lowest BCUT2D eigenvalue weighted by atomic mass is 10.1. The molecule has 0 saturated heterocycles. The third-order valence-electron chi connectivity index (χ3n) is 1.34. The highest BCUT2D eigenvalue weighted by Crippen LogP contribution is 2.12. The first-order chi connectivity index (χ1) is 5.54. The number of alkyl halides is 2. The van der Waals surface area contributed by atoms with E-state index in [-0.39, 0.29) is 12.2 Å². The van der Waals surface area contributed by atoms with Crippen LogP contribution in [0.5, 0.6) is 0 Å². The Kier molecular flexibility index (Phi) is 5.78. The molecule has 4 nitrogen and oxygen atoms in total. The Balaban J connectivity index is 4.07. The van der Waals surface area contributed by atoms with Crippen LogP contribution < -0.4 is 0 Å². The third kappa shape index (κ3) is 3.25. The Hall–Kier alpha value is 0.130. The molecule has 0 aromatic rings.